The second-order valence-electron chi connectivity index (χ2n) is 4.83. The van der Waals surface area contributed by atoms with Gasteiger partial charge in [-0.15, -0.1) is 0 Å². The molecule has 0 saturated heterocycles. The first-order valence-electron chi connectivity index (χ1n) is 6.14. The number of rotatable bonds is 6. The fraction of sp³-hybridized carbons (Fsp3) is 0.462. The van der Waals surface area contributed by atoms with E-state index in [1.54, 1.807) is 31.2 Å². The molecule has 0 radical (unpaired) electrons. The summed E-state index contributed by atoms with van der Waals surface area (Å²) < 4.78 is 26.4. The molecule has 1 aromatic carbocycles. The summed E-state index contributed by atoms with van der Waals surface area (Å²) in [5.41, 5.74) is 1.36. The topological polar surface area (TPSA) is 78.8 Å². The van der Waals surface area contributed by atoms with Gasteiger partial charge in [0.1, 0.15) is 0 Å². The van der Waals surface area contributed by atoms with E-state index in [0.29, 0.717) is 29.3 Å². The minimum atomic E-state index is -3.38. The first-order chi connectivity index (χ1) is 8.85. The molecular formula is C13H20N2O3S. The SMILES string of the molecule is CC(=NO)c1ccccc1NS(=O)(=O)CCC(C)C. The van der Waals surface area contributed by atoms with E-state index >= 15 is 0 Å². The van der Waals surface area contributed by atoms with E-state index < -0.39 is 10.0 Å². The summed E-state index contributed by atoms with van der Waals surface area (Å²) in [5.74, 6) is 0.404. The molecule has 1 rings (SSSR count). The Hall–Kier alpha value is -1.56. The number of hydrogen-bond donors (Lipinski definition) is 2. The monoisotopic (exact) mass is 284 g/mol. The Morgan fingerprint density at radius 2 is 2.00 bits per heavy atom. The quantitative estimate of drug-likeness (QED) is 0.479. The number of nitrogens with one attached hydrogen (secondary N) is 1. The van der Waals surface area contributed by atoms with Gasteiger partial charge in [0.15, 0.2) is 0 Å². The summed E-state index contributed by atoms with van der Waals surface area (Å²) in [5, 5.41) is 11.9. The third kappa shape index (κ3) is 4.90. The summed E-state index contributed by atoms with van der Waals surface area (Å²) in [4.78, 5) is 0. The summed E-state index contributed by atoms with van der Waals surface area (Å²) >= 11 is 0. The van der Waals surface area contributed by atoms with Gasteiger partial charge in [-0.1, -0.05) is 37.2 Å². The van der Waals surface area contributed by atoms with Crippen LogP contribution in [-0.4, -0.2) is 25.1 Å². The second kappa shape index (κ2) is 6.56. The van der Waals surface area contributed by atoms with E-state index in [4.69, 9.17) is 5.21 Å². The summed E-state index contributed by atoms with van der Waals surface area (Å²) in [6, 6.07) is 6.84. The van der Waals surface area contributed by atoms with E-state index in [9.17, 15) is 8.42 Å². The van der Waals surface area contributed by atoms with Crippen LogP contribution in [0.2, 0.25) is 0 Å². The lowest BCUT2D eigenvalue weighted by Gasteiger charge is -2.12. The highest BCUT2D eigenvalue weighted by Gasteiger charge is 2.14. The molecule has 6 heteroatoms. The Labute approximate surface area is 114 Å². The van der Waals surface area contributed by atoms with Crippen molar-refractivity contribution in [3.8, 4) is 0 Å². The number of sulfonamides is 1. The molecule has 0 aliphatic carbocycles. The van der Waals surface area contributed by atoms with Crippen LogP contribution >= 0.6 is 0 Å². The van der Waals surface area contributed by atoms with E-state index in [2.05, 4.69) is 9.88 Å². The Morgan fingerprint density at radius 1 is 1.37 bits per heavy atom. The summed E-state index contributed by atoms with van der Waals surface area (Å²) in [6.07, 6.45) is 0.602. The van der Waals surface area contributed by atoms with Crippen molar-refractivity contribution in [2.45, 2.75) is 27.2 Å². The maximum absolute atomic E-state index is 12.0. The summed E-state index contributed by atoms with van der Waals surface area (Å²) in [7, 11) is -3.38. The minimum absolute atomic E-state index is 0.0777. The van der Waals surface area contributed by atoms with Gasteiger partial charge in [-0.25, -0.2) is 8.42 Å². The Kier molecular flexibility index (Phi) is 5.35. The molecule has 0 atom stereocenters. The van der Waals surface area contributed by atoms with Gasteiger partial charge >= 0.3 is 0 Å². The molecule has 0 fully saturated rings. The van der Waals surface area contributed by atoms with Crippen molar-refractivity contribution in [3.05, 3.63) is 29.8 Å². The Bertz CT molecular complexity index is 551. The zero-order valence-electron chi connectivity index (χ0n) is 11.4. The average Bonchev–Trinajstić information content (AvgIpc) is 2.36. The maximum Gasteiger partial charge on any atom is 0.232 e. The van der Waals surface area contributed by atoms with Gasteiger partial charge in [-0.05, 0) is 25.3 Å². The number of para-hydroxylation sites is 1. The zero-order valence-corrected chi connectivity index (χ0v) is 12.2. The molecule has 0 heterocycles. The Balaban J connectivity index is 2.94. The normalized spacial score (nSPS) is 12.7. The van der Waals surface area contributed by atoms with Gasteiger partial charge in [0.2, 0.25) is 10.0 Å². The molecule has 0 unspecified atom stereocenters. The van der Waals surface area contributed by atoms with E-state index in [-0.39, 0.29) is 5.75 Å². The molecule has 0 aliphatic rings. The molecule has 0 spiro atoms. The van der Waals surface area contributed by atoms with Crippen LogP contribution in [0.5, 0.6) is 0 Å². The van der Waals surface area contributed by atoms with Crippen LogP contribution < -0.4 is 4.72 Å². The zero-order chi connectivity index (χ0) is 14.5. The molecular weight excluding hydrogens is 264 g/mol. The fourth-order valence-electron chi connectivity index (χ4n) is 1.55. The largest absolute Gasteiger partial charge is 0.411 e. The standard InChI is InChI=1S/C13H20N2O3S/c1-10(2)8-9-19(17,18)15-13-7-5-4-6-12(13)11(3)14-16/h4-7,10,15-16H,8-9H2,1-3H3. The van der Waals surface area contributed by atoms with Crippen LogP contribution in [0.1, 0.15) is 32.8 Å². The Morgan fingerprint density at radius 3 is 2.58 bits per heavy atom. The van der Waals surface area contributed by atoms with E-state index in [1.807, 2.05) is 13.8 Å². The summed E-state index contributed by atoms with van der Waals surface area (Å²) in [6.45, 7) is 5.57. The smallest absolute Gasteiger partial charge is 0.232 e. The second-order valence-corrected chi connectivity index (χ2v) is 6.68. The van der Waals surface area contributed by atoms with Gasteiger partial charge in [-0.2, -0.15) is 0 Å². The van der Waals surface area contributed by atoms with Crippen LogP contribution in [-0.2, 0) is 10.0 Å². The number of hydrogen-bond acceptors (Lipinski definition) is 4. The van der Waals surface area contributed by atoms with Crippen molar-refractivity contribution in [2.75, 3.05) is 10.5 Å². The first-order valence-corrected chi connectivity index (χ1v) is 7.79. The molecule has 2 N–H and O–H groups in total. The van der Waals surface area contributed by atoms with Crippen LogP contribution in [0, 0.1) is 5.92 Å². The molecule has 1 aromatic rings. The van der Waals surface area contributed by atoms with Crippen LogP contribution in [0.25, 0.3) is 0 Å². The molecule has 5 nitrogen and oxygen atoms in total. The fourth-order valence-corrected chi connectivity index (χ4v) is 2.95. The van der Waals surface area contributed by atoms with Gasteiger partial charge in [-0.3, -0.25) is 4.72 Å². The third-order valence-electron chi connectivity index (χ3n) is 2.70. The van der Waals surface area contributed by atoms with Crippen molar-refractivity contribution in [1.29, 1.82) is 0 Å². The number of benzene rings is 1. The predicted octanol–water partition coefficient (Wildman–Crippen LogP) is 2.67. The molecule has 0 aromatic heterocycles. The van der Waals surface area contributed by atoms with Gasteiger partial charge in [0.05, 0.1) is 17.2 Å². The predicted molar refractivity (Wildman–Crippen MR) is 77.3 cm³/mol. The third-order valence-corrected chi connectivity index (χ3v) is 4.00. The van der Waals surface area contributed by atoms with E-state index in [0.717, 1.165) is 0 Å². The molecule has 0 aliphatic heterocycles. The average molecular weight is 284 g/mol. The number of anilines is 1. The van der Waals surface area contributed by atoms with Crippen molar-refractivity contribution >= 4 is 21.4 Å². The molecule has 19 heavy (non-hydrogen) atoms. The van der Waals surface area contributed by atoms with Gasteiger partial charge in [0, 0.05) is 5.56 Å². The van der Waals surface area contributed by atoms with Crippen LogP contribution in [0.3, 0.4) is 0 Å². The molecule has 0 bridgehead atoms. The van der Waals surface area contributed by atoms with Crippen molar-refractivity contribution in [3.63, 3.8) is 0 Å². The highest BCUT2D eigenvalue weighted by atomic mass is 32.2. The number of oxime groups is 1. The lowest BCUT2D eigenvalue weighted by molar-refractivity contribution is 0.319. The first kappa shape index (κ1) is 15.5. The van der Waals surface area contributed by atoms with Crippen LogP contribution in [0.4, 0.5) is 5.69 Å². The maximum atomic E-state index is 12.0. The van der Waals surface area contributed by atoms with Crippen molar-refractivity contribution in [1.82, 2.24) is 0 Å². The van der Waals surface area contributed by atoms with Crippen molar-refractivity contribution < 1.29 is 13.6 Å². The highest BCUT2D eigenvalue weighted by Crippen LogP contribution is 2.18. The number of nitrogens with zero attached hydrogens (tertiary/aromatic N) is 1. The van der Waals surface area contributed by atoms with Crippen molar-refractivity contribution in [2.24, 2.45) is 11.1 Å². The van der Waals surface area contributed by atoms with Gasteiger partial charge < -0.3 is 5.21 Å². The van der Waals surface area contributed by atoms with Crippen LogP contribution in [0.15, 0.2) is 29.4 Å². The van der Waals surface area contributed by atoms with Gasteiger partial charge in [0.25, 0.3) is 0 Å². The molecule has 0 saturated carbocycles. The van der Waals surface area contributed by atoms with E-state index in [1.165, 1.54) is 0 Å². The molecule has 106 valence electrons. The minimum Gasteiger partial charge on any atom is -0.411 e. The highest BCUT2D eigenvalue weighted by molar-refractivity contribution is 7.92. The lowest BCUT2D eigenvalue weighted by Crippen LogP contribution is -2.19. The lowest BCUT2D eigenvalue weighted by atomic mass is 10.1. The molecule has 0 amide bonds.